The summed E-state index contributed by atoms with van der Waals surface area (Å²) in [5.74, 6) is 0.950. The van der Waals surface area contributed by atoms with E-state index in [0.29, 0.717) is 30.5 Å². The zero-order chi connectivity index (χ0) is 17.5. The number of nitrogens with zero attached hydrogens (tertiary/aromatic N) is 3. The average Bonchev–Trinajstić information content (AvgIpc) is 2.85. The number of nitrogens with one attached hydrogen (secondary N) is 1. The van der Waals surface area contributed by atoms with E-state index in [-0.39, 0.29) is 5.82 Å². The van der Waals surface area contributed by atoms with Gasteiger partial charge in [-0.15, -0.1) is 0 Å². The number of aryl methyl sites for hydroxylation is 1. The number of hydrogen-bond donors (Lipinski definition) is 1. The number of aromatic nitrogens is 1. The van der Waals surface area contributed by atoms with Gasteiger partial charge < -0.3 is 19.5 Å². The maximum absolute atomic E-state index is 13.1. The van der Waals surface area contributed by atoms with Gasteiger partial charge in [-0.3, -0.25) is 4.99 Å². The first-order valence-corrected chi connectivity index (χ1v) is 7.98. The second-order valence-corrected chi connectivity index (χ2v) is 5.83. The molecule has 0 aliphatic rings. The Balaban J connectivity index is 1.80. The van der Waals surface area contributed by atoms with Crippen LogP contribution >= 0.6 is 11.6 Å². The summed E-state index contributed by atoms with van der Waals surface area (Å²) in [7, 11) is 5.63. The molecule has 2 aromatic rings. The van der Waals surface area contributed by atoms with E-state index in [1.54, 1.807) is 19.2 Å². The molecule has 1 aromatic heterocycles. The van der Waals surface area contributed by atoms with E-state index in [1.807, 2.05) is 35.8 Å². The summed E-state index contributed by atoms with van der Waals surface area (Å²) >= 11 is 6.01. The van der Waals surface area contributed by atoms with Crippen LogP contribution in [0.4, 0.5) is 4.39 Å². The van der Waals surface area contributed by atoms with E-state index in [9.17, 15) is 4.39 Å². The molecule has 0 saturated heterocycles. The first kappa shape index (κ1) is 18.1. The standard InChI is InChI=1S/C17H22ClFN4O/c1-20-17(23(3)12-15-9-13(18)11-22(15)2)21-7-8-24-16-6-4-5-14(19)10-16/h4-6,9-11H,7-8,12H2,1-3H3,(H,20,21). The molecule has 2 rings (SSSR count). The Morgan fingerprint density at radius 3 is 2.83 bits per heavy atom. The summed E-state index contributed by atoms with van der Waals surface area (Å²) in [5, 5.41) is 3.93. The molecule has 0 amide bonds. The highest BCUT2D eigenvalue weighted by atomic mass is 35.5. The highest BCUT2D eigenvalue weighted by Crippen LogP contribution is 2.14. The highest BCUT2D eigenvalue weighted by Gasteiger charge is 2.09. The molecular weight excluding hydrogens is 331 g/mol. The molecule has 130 valence electrons. The zero-order valence-corrected chi connectivity index (χ0v) is 14.8. The van der Waals surface area contributed by atoms with Crippen LogP contribution in [0.1, 0.15) is 5.69 Å². The summed E-state index contributed by atoms with van der Waals surface area (Å²) in [4.78, 5) is 6.25. The van der Waals surface area contributed by atoms with Gasteiger partial charge in [0.25, 0.3) is 0 Å². The fourth-order valence-corrected chi connectivity index (χ4v) is 2.59. The van der Waals surface area contributed by atoms with Crippen LogP contribution in [0.3, 0.4) is 0 Å². The maximum Gasteiger partial charge on any atom is 0.193 e. The number of rotatable bonds is 6. The van der Waals surface area contributed by atoms with Crippen molar-refractivity contribution in [1.82, 2.24) is 14.8 Å². The lowest BCUT2D eigenvalue weighted by Gasteiger charge is -2.22. The second-order valence-electron chi connectivity index (χ2n) is 5.40. The lowest BCUT2D eigenvalue weighted by Crippen LogP contribution is -2.40. The van der Waals surface area contributed by atoms with Gasteiger partial charge in [-0.25, -0.2) is 4.39 Å². The summed E-state index contributed by atoms with van der Waals surface area (Å²) in [5.41, 5.74) is 1.08. The number of aliphatic imine (C=N–C) groups is 1. The Bertz CT molecular complexity index is 702. The molecule has 5 nitrogen and oxygen atoms in total. The number of guanidine groups is 1. The predicted molar refractivity (Wildman–Crippen MR) is 95.1 cm³/mol. The smallest absolute Gasteiger partial charge is 0.193 e. The van der Waals surface area contributed by atoms with Gasteiger partial charge in [0.2, 0.25) is 0 Å². The van der Waals surface area contributed by atoms with Crippen LogP contribution in [0, 0.1) is 5.82 Å². The van der Waals surface area contributed by atoms with Crippen LogP contribution in [0.25, 0.3) is 0 Å². The molecule has 1 aromatic carbocycles. The van der Waals surface area contributed by atoms with Gasteiger partial charge in [-0.05, 0) is 18.2 Å². The molecule has 7 heteroatoms. The molecule has 1 heterocycles. The van der Waals surface area contributed by atoms with Crippen LogP contribution < -0.4 is 10.1 Å². The van der Waals surface area contributed by atoms with Crippen LogP contribution in [0.5, 0.6) is 5.75 Å². The van der Waals surface area contributed by atoms with E-state index >= 15 is 0 Å². The van der Waals surface area contributed by atoms with Gasteiger partial charge in [0, 0.05) is 39.1 Å². The monoisotopic (exact) mass is 352 g/mol. The second kappa shape index (κ2) is 8.59. The van der Waals surface area contributed by atoms with Crippen molar-refractivity contribution in [3.8, 4) is 5.75 Å². The van der Waals surface area contributed by atoms with E-state index in [1.165, 1.54) is 12.1 Å². The topological polar surface area (TPSA) is 41.8 Å². The largest absolute Gasteiger partial charge is 0.492 e. The minimum absolute atomic E-state index is 0.308. The number of benzene rings is 1. The molecule has 0 saturated carbocycles. The Labute approximate surface area is 146 Å². The minimum Gasteiger partial charge on any atom is -0.492 e. The molecule has 0 unspecified atom stereocenters. The molecule has 0 aliphatic carbocycles. The number of ether oxygens (including phenoxy) is 1. The van der Waals surface area contributed by atoms with Crippen molar-refractivity contribution in [3.05, 3.63) is 53.1 Å². The van der Waals surface area contributed by atoms with Crippen molar-refractivity contribution < 1.29 is 9.13 Å². The van der Waals surface area contributed by atoms with Gasteiger partial charge in [0.15, 0.2) is 5.96 Å². The van der Waals surface area contributed by atoms with Gasteiger partial charge in [0.1, 0.15) is 18.2 Å². The Morgan fingerprint density at radius 1 is 1.42 bits per heavy atom. The Morgan fingerprint density at radius 2 is 2.21 bits per heavy atom. The van der Waals surface area contributed by atoms with Crippen molar-refractivity contribution in [2.45, 2.75) is 6.54 Å². The van der Waals surface area contributed by atoms with Crippen LogP contribution in [0.15, 0.2) is 41.5 Å². The van der Waals surface area contributed by atoms with Crippen molar-refractivity contribution in [2.75, 3.05) is 27.2 Å². The maximum atomic E-state index is 13.1. The van der Waals surface area contributed by atoms with Crippen molar-refractivity contribution in [2.24, 2.45) is 12.0 Å². The SMILES string of the molecule is CN=C(NCCOc1cccc(F)c1)N(C)Cc1cc(Cl)cn1C. The molecule has 0 aliphatic heterocycles. The van der Waals surface area contributed by atoms with Gasteiger partial charge in [0.05, 0.1) is 18.1 Å². The molecule has 0 radical (unpaired) electrons. The molecule has 0 bridgehead atoms. The quantitative estimate of drug-likeness (QED) is 0.494. The van der Waals surface area contributed by atoms with E-state index < -0.39 is 0 Å². The third-order valence-corrected chi connectivity index (χ3v) is 3.70. The lowest BCUT2D eigenvalue weighted by atomic mass is 10.3. The average molecular weight is 353 g/mol. The first-order valence-electron chi connectivity index (χ1n) is 7.60. The zero-order valence-electron chi connectivity index (χ0n) is 14.1. The molecular formula is C17H22ClFN4O. The molecule has 0 atom stereocenters. The third kappa shape index (κ3) is 5.16. The fraction of sp³-hybridized carbons (Fsp3) is 0.353. The van der Waals surface area contributed by atoms with Crippen LogP contribution in [0.2, 0.25) is 5.02 Å². The summed E-state index contributed by atoms with van der Waals surface area (Å²) < 4.78 is 20.6. The molecule has 0 fully saturated rings. The molecule has 24 heavy (non-hydrogen) atoms. The number of hydrogen-bond acceptors (Lipinski definition) is 2. The van der Waals surface area contributed by atoms with Crippen molar-refractivity contribution in [1.29, 1.82) is 0 Å². The molecule has 0 spiro atoms. The lowest BCUT2D eigenvalue weighted by molar-refractivity contribution is 0.317. The van der Waals surface area contributed by atoms with Crippen LogP contribution in [-0.2, 0) is 13.6 Å². The van der Waals surface area contributed by atoms with Crippen LogP contribution in [-0.4, -0.2) is 42.7 Å². The van der Waals surface area contributed by atoms with Crippen molar-refractivity contribution >= 4 is 17.6 Å². The number of halogens is 2. The van der Waals surface area contributed by atoms with Gasteiger partial charge in [-0.2, -0.15) is 0 Å². The third-order valence-electron chi connectivity index (χ3n) is 3.50. The summed E-state index contributed by atoms with van der Waals surface area (Å²) in [6, 6.07) is 8.02. The summed E-state index contributed by atoms with van der Waals surface area (Å²) in [6.45, 7) is 1.64. The fourth-order valence-electron chi connectivity index (χ4n) is 2.31. The Kier molecular flexibility index (Phi) is 6.49. The van der Waals surface area contributed by atoms with Gasteiger partial charge >= 0.3 is 0 Å². The van der Waals surface area contributed by atoms with E-state index in [4.69, 9.17) is 16.3 Å². The highest BCUT2D eigenvalue weighted by molar-refractivity contribution is 6.30. The normalized spacial score (nSPS) is 11.5. The first-order chi connectivity index (χ1) is 11.5. The minimum atomic E-state index is -0.308. The Hall–Kier alpha value is -2.21. The van der Waals surface area contributed by atoms with Crippen molar-refractivity contribution in [3.63, 3.8) is 0 Å². The van der Waals surface area contributed by atoms with E-state index in [2.05, 4.69) is 10.3 Å². The molecule has 1 N–H and O–H groups in total. The van der Waals surface area contributed by atoms with Gasteiger partial charge in [-0.1, -0.05) is 17.7 Å². The van der Waals surface area contributed by atoms with E-state index in [0.717, 1.165) is 11.7 Å². The predicted octanol–water partition coefficient (Wildman–Crippen LogP) is 2.90. The summed E-state index contributed by atoms with van der Waals surface area (Å²) in [6.07, 6.45) is 1.87.